The molecular weight excluding hydrogens is 258 g/mol. The number of aromatic nitrogens is 1. The molecule has 19 heavy (non-hydrogen) atoms. The number of anilines is 1. The number of phenolic OH excluding ortho intramolecular Hbond substituents is 1. The van der Waals surface area contributed by atoms with Crippen molar-refractivity contribution in [3.05, 3.63) is 18.2 Å². The number of nitrogens with one attached hydrogen (secondary N) is 1. The maximum atomic E-state index is 9.49. The summed E-state index contributed by atoms with van der Waals surface area (Å²) in [4.78, 5) is 6.99. The molecule has 1 aromatic heterocycles. The molecule has 0 bridgehead atoms. The van der Waals surface area contributed by atoms with Crippen LogP contribution in [-0.4, -0.2) is 35.8 Å². The topological polar surface area (TPSA) is 48.4 Å². The van der Waals surface area contributed by atoms with Crippen molar-refractivity contribution in [2.75, 3.05) is 24.5 Å². The van der Waals surface area contributed by atoms with Crippen molar-refractivity contribution in [1.29, 1.82) is 0 Å². The van der Waals surface area contributed by atoms with E-state index in [2.05, 4.69) is 22.1 Å². The van der Waals surface area contributed by atoms with Gasteiger partial charge in [-0.15, -0.1) is 0 Å². The van der Waals surface area contributed by atoms with Gasteiger partial charge in [0.2, 0.25) is 0 Å². The van der Waals surface area contributed by atoms with Gasteiger partial charge >= 0.3 is 0 Å². The normalized spacial score (nSPS) is 17.2. The largest absolute Gasteiger partial charge is 0.508 e. The Morgan fingerprint density at radius 2 is 2.21 bits per heavy atom. The molecule has 0 unspecified atom stereocenters. The first-order valence-corrected chi connectivity index (χ1v) is 7.66. The lowest BCUT2D eigenvalue weighted by atomic mass is 10.1. The van der Waals surface area contributed by atoms with Crippen LogP contribution in [0.25, 0.3) is 10.2 Å². The highest BCUT2D eigenvalue weighted by molar-refractivity contribution is 7.22. The van der Waals surface area contributed by atoms with Gasteiger partial charge in [-0.05, 0) is 31.5 Å². The molecule has 0 aliphatic carbocycles. The van der Waals surface area contributed by atoms with Gasteiger partial charge in [0, 0.05) is 25.2 Å². The van der Waals surface area contributed by atoms with Gasteiger partial charge in [0.05, 0.1) is 10.2 Å². The van der Waals surface area contributed by atoms with E-state index in [4.69, 9.17) is 0 Å². The summed E-state index contributed by atoms with van der Waals surface area (Å²) in [6.45, 7) is 5.32. The van der Waals surface area contributed by atoms with Crippen molar-refractivity contribution in [1.82, 2.24) is 10.3 Å². The first-order chi connectivity index (χ1) is 9.26. The minimum absolute atomic E-state index is 0.287. The summed E-state index contributed by atoms with van der Waals surface area (Å²) in [5, 5.41) is 14.1. The molecule has 4 nitrogen and oxygen atoms in total. The Balaban J connectivity index is 1.74. The predicted octanol–water partition coefficient (Wildman–Crippen LogP) is 2.58. The summed E-state index contributed by atoms with van der Waals surface area (Å²) in [5.74, 6) is 0.287. The number of hydrogen-bond acceptors (Lipinski definition) is 5. The first-order valence-electron chi connectivity index (χ1n) is 6.84. The van der Waals surface area contributed by atoms with Crippen LogP contribution in [0.1, 0.15) is 19.8 Å². The molecule has 1 saturated heterocycles. The van der Waals surface area contributed by atoms with E-state index < -0.39 is 0 Å². The van der Waals surface area contributed by atoms with Crippen molar-refractivity contribution < 1.29 is 5.11 Å². The van der Waals surface area contributed by atoms with Crippen molar-refractivity contribution in [3.8, 4) is 5.75 Å². The number of benzene rings is 1. The van der Waals surface area contributed by atoms with Gasteiger partial charge in [0.25, 0.3) is 0 Å². The summed E-state index contributed by atoms with van der Waals surface area (Å²) in [6.07, 6.45) is 2.35. The van der Waals surface area contributed by atoms with Gasteiger partial charge in [0.1, 0.15) is 5.75 Å². The summed E-state index contributed by atoms with van der Waals surface area (Å²) in [5.41, 5.74) is 0.897. The zero-order valence-electron chi connectivity index (χ0n) is 11.1. The molecule has 2 N–H and O–H groups in total. The van der Waals surface area contributed by atoms with Crippen LogP contribution in [0.4, 0.5) is 5.13 Å². The smallest absolute Gasteiger partial charge is 0.186 e. The Labute approximate surface area is 117 Å². The van der Waals surface area contributed by atoms with Crippen LogP contribution in [-0.2, 0) is 0 Å². The minimum Gasteiger partial charge on any atom is -0.508 e. The van der Waals surface area contributed by atoms with Crippen LogP contribution in [0.3, 0.4) is 0 Å². The second-order valence-electron chi connectivity index (χ2n) is 4.97. The summed E-state index contributed by atoms with van der Waals surface area (Å²) in [6, 6.07) is 6.05. The van der Waals surface area contributed by atoms with Crippen LogP contribution in [0.2, 0.25) is 0 Å². The molecular formula is C14H19N3OS. The van der Waals surface area contributed by atoms with E-state index in [1.54, 1.807) is 23.5 Å². The molecule has 3 rings (SSSR count). The Kier molecular flexibility index (Phi) is 3.57. The summed E-state index contributed by atoms with van der Waals surface area (Å²) >= 11 is 1.71. The van der Waals surface area contributed by atoms with E-state index in [0.29, 0.717) is 6.04 Å². The van der Waals surface area contributed by atoms with Crippen LogP contribution >= 0.6 is 11.3 Å². The Bertz CT molecular complexity index is 561. The van der Waals surface area contributed by atoms with Gasteiger partial charge < -0.3 is 15.3 Å². The standard InChI is InChI=1S/C14H19N3OS/c1-2-15-10-5-7-17(8-6-10)14-16-12-9-11(18)3-4-13(12)19-14/h3-4,9-10,15,18H,2,5-8H2,1H3. The maximum Gasteiger partial charge on any atom is 0.186 e. The number of hydrogen-bond donors (Lipinski definition) is 2. The van der Waals surface area contributed by atoms with Gasteiger partial charge in [-0.3, -0.25) is 0 Å². The third-order valence-corrected chi connectivity index (χ3v) is 4.72. The molecule has 0 amide bonds. The average Bonchev–Trinajstić information content (AvgIpc) is 2.83. The van der Waals surface area contributed by atoms with Crippen LogP contribution < -0.4 is 10.2 Å². The number of phenols is 1. The number of rotatable bonds is 3. The Morgan fingerprint density at radius 3 is 2.95 bits per heavy atom. The number of thiazole rings is 1. The van der Waals surface area contributed by atoms with Crippen molar-refractivity contribution >= 4 is 26.7 Å². The number of aromatic hydroxyl groups is 1. The Hall–Kier alpha value is -1.33. The molecule has 0 saturated carbocycles. The maximum absolute atomic E-state index is 9.49. The van der Waals surface area contributed by atoms with E-state index >= 15 is 0 Å². The van der Waals surface area contributed by atoms with Gasteiger partial charge in [-0.25, -0.2) is 4.98 Å². The lowest BCUT2D eigenvalue weighted by molar-refractivity contribution is 0.424. The SMILES string of the molecule is CCNC1CCN(c2nc3cc(O)ccc3s2)CC1. The fraction of sp³-hybridized carbons (Fsp3) is 0.500. The lowest BCUT2D eigenvalue weighted by Gasteiger charge is -2.32. The number of piperidine rings is 1. The molecule has 1 aromatic carbocycles. The fourth-order valence-electron chi connectivity index (χ4n) is 2.60. The predicted molar refractivity (Wildman–Crippen MR) is 80.2 cm³/mol. The highest BCUT2D eigenvalue weighted by Gasteiger charge is 2.20. The second-order valence-corrected chi connectivity index (χ2v) is 5.98. The van der Waals surface area contributed by atoms with E-state index in [1.807, 2.05) is 6.07 Å². The quantitative estimate of drug-likeness (QED) is 0.905. The van der Waals surface area contributed by atoms with E-state index in [-0.39, 0.29) is 5.75 Å². The van der Waals surface area contributed by atoms with Crippen molar-refractivity contribution in [2.24, 2.45) is 0 Å². The third-order valence-electron chi connectivity index (χ3n) is 3.62. The zero-order valence-corrected chi connectivity index (χ0v) is 11.9. The molecule has 0 spiro atoms. The van der Waals surface area contributed by atoms with Crippen LogP contribution in [0.15, 0.2) is 18.2 Å². The molecule has 1 fully saturated rings. The highest BCUT2D eigenvalue weighted by Crippen LogP contribution is 2.32. The third kappa shape index (κ3) is 2.67. The minimum atomic E-state index is 0.287. The monoisotopic (exact) mass is 277 g/mol. The molecule has 0 radical (unpaired) electrons. The van der Waals surface area contributed by atoms with E-state index in [0.717, 1.165) is 35.0 Å². The lowest BCUT2D eigenvalue weighted by Crippen LogP contribution is -2.42. The number of nitrogens with zero attached hydrogens (tertiary/aromatic N) is 2. The van der Waals surface area contributed by atoms with E-state index in [9.17, 15) is 5.11 Å². The second kappa shape index (κ2) is 5.35. The van der Waals surface area contributed by atoms with Gasteiger partial charge in [-0.1, -0.05) is 18.3 Å². The molecule has 0 atom stereocenters. The molecule has 1 aliphatic heterocycles. The molecule has 2 heterocycles. The molecule has 5 heteroatoms. The van der Waals surface area contributed by atoms with E-state index in [1.165, 1.54) is 12.8 Å². The fourth-order valence-corrected chi connectivity index (χ4v) is 3.60. The van der Waals surface area contributed by atoms with Crippen molar-refractivity contribution in [3.63, 3.8) is 0 Å². The molecule has 1 aliphatic rings. The molecule has 102 valence electrons. The average molecular weight is 277 g/mol. The first kappa shape index (κ1) is 12.7. The van der Waals surface area contributed by atoms with Gasteiger partial charge in [0.15, 0.2) is 5.13 Å². The number of fused-ring (bicyclic) bond motifs is 1. The molecule has 2 aromatic rings. The summed E-state index contributed by atoms with van der Waals surface area (Å²) < 4.78 is 1.14. The Morgan fingerprint density at radius 1 is 1.42 bits per heavy atom. The van der Waals surface area contributed by atoms with Crippen LogP contribution in [0.5, 0.6) is 5.75 Å². The van der Waals surface area contributed by atoms with Crippen LogP contribution in [0, 0.1) is 0 Å². The van der Waals surface area contributed by atoms with Gasteiger partial charge in [-0.2, -0.15) is 0 Å². The zero-order chi connectivity index (χ0) is 13.2. The highest BCUT2D eigenvalue weighted by atomic mass is 32.1. The summed E-state index contributed by atoms with van der Waals surface area (Å²) in [7, 11) is 0. The van der Waals surface area contributed by atoms with Crippen molar-refractivity contribution in [2.45, 2.75) is 25.8 Å².